The van der Waals surface area contributed by atoms with E-state index in [4.69, 9.17) is 4.74 Å². The average molecular weight is 594 g/mol. The fraction of sp³-hybridized carbons (Fsp3) is 0.258. The summed E-state index contributed by atoms with van der Waals surface area (Å²) in [6, 6.07) is 17.5. The summed E-state index contributed by atoms with van der Waals surface area (Å²) in [5, 5.41) is 5.92. The van der Waals surface area contributed by atoms with Crippen LogP contribution in [0.3, 0.4) is 0 Å². The lowest BCUT2D eigenvalue weighted by molar-refractivity contribution is -0.152. The van der Waals surface area contributed by atoms with Crippen molar-refractivity contribution in [3.8, 4) is 0 Å². The molecule has 5 rings (SSSR count). The number of hydrazone groups is 1. The second kappa shape index (κ2) is 12.3. The van der Waals surface area contributed by atoms with Crippen molar-refractivity contribution in [2.24, 2.45) is 11.0 Å². The molecule has 0 bridgehead atoms. The van der Waals surface area contributed by atoms with E-state index in [-0.39, 0.29) is 16.6 Å². The van der Waals surface area contributed by atoms with Gasteiger partial charge in [0.2, 0.25) is 10.0 Å². The van der Waals surface area contributed by atoms with Crippen LogP contribution in [0.4, 0.5) is 8.78 Å². The summed E-state index contributed by atoms with van der Waals surface area (Å²) in [6.45, 7) is 0.497. The third-order valence-corrected chi connectivity index (χ3v) is 8.69. The lowest BCUT2D eigenvalue weighted by Gasteiger charge is -2.29. The van der Waals surface area contributed by atoms with Crippen LogP contribution < -0.4 is 4.72 Å². The molecule has 11 heteroatoms. The Morgan fingerprint density at radius 3 is 2.31 bits per heavy atom. The third kappa shape index (κ3) is 6.63. The van der Waals surface area contributed by atoms with Gasteiger partial charge in [0.15, 0.2) is 6.61 Å². The normalized spacial score (nSPS) is 19.4. The van der Waals surface area contributed by atoms with Gasteiger partial charge in [0.25, 0.3) is 5.91 Å². The number of nitrogens with one attached hydrogen (secondary N) is 1. The number of esters is 1. The van der Waals surface area contributed by atoms with E-state index in [2.05, 4.69) is 9.82 Å². The fourth-order valence-corrected chi connectivity index (χ4v) is 6.14. The van der Waals surface area contributed by atoms with E-state index in [1.54, 1.807) is 36.4 Å². The molecule has 0 spiro atoms. The van der Waals surface area contributed by atoms with Crippen LogP contribution in [0.2, 0.25) is 0 Å². The van der Waals surface area contributed by atoms with E-state index in [0.717, 1.165) is 29.5 Å². The van der Waals surface area contributed by atoms with Gasteiger partial charge in [-0.05, 0) is 85.4 Å². The SMILES string of the molecule is Cc1ccc(S(=O)(=O)NCC(=O)OCC(=O)N2N=C3/C(=C\c4ccc(F)cc4)CCC[C@@H]3[C@H]2c2ccc(F)cc2)cc1. The topological polar surface area (TPSA) is 105 Å². The number of nitrogens with zero attached hydrogens (tertiary/aromatic N) is 2. The summed E-state index contributed by atoms with van der Waals surface area (Å²) >= 11 is 0. The predicted octanol–water partition coefficient (Wildman–Crippen LogP) is 4.92. The van der Waals surface area contributed by atoms with Crippen LogP contribution in [0.1, 0.15) is 42.0 Å². The number of hydrogen-bond donors (Lipinski definition) is 1. The van der Waals surface area contributed by atoms with Gasteiger partial charge >= 0.3 is 5.97 Å². The zero-order chi connectivity index (χ0) is 29.9. The second-order valence-electron chi connectivity index (χ2n) is 10.2. The van der Waals surface area contributed by atoms with Crippen molar-refractivity contribution in [1.82, 2.24) is 9.73 Å². The smallest absolute Gasteiger partial charge is 0.321 e. The van der Waals surface area contributed by atoms with Gasteiger partial charge in [-0.1, -0.05) is 42.0 Å². The summed E-state index contributed by atoms with van der Waals surface area (Å²) in [4.78, 5) is 25.7. The molecule has 0 saturated heterocycles. The number of fused-ring (bicyclic) bond motifs is 1. The first-order valence-corrected chi connectivity index (χ1v) is 14.9. The minimum atomic E-state index is -3.95. The summed E-state index contributed by atoms with van der Waals surface area (Å²) in [5.74, 6) is -2.49. The number of allylic oxidation sites excluding steroid dienone is 1. The molecular formula is C31H29F2N3O5S. The van der Waals surface area contributed by atoms with Crippen molar-refractivity contribution < 1.29 is 31.5 Å². The maximum absolute atomic E-state index is 13.7. The number of ether oxygens (including phenoxy) is 1. The summed E-state index contributed by atoms with van der Waals surface area (Å²) in [7, 11) is -3.95. The van der Waals surface area contributed by atoms with Gasteiger partial charge in [0.1, 0.15) is 18.2 Å². The Morgan fingerprint density at radius 2 is 1.64 bits per heavy atom. The predicted molar refractivity (Wildman–Crippen MR) is 152 cm³/mol. The molecule has 1 saturated carbocycles. The quantitative estimate of drug-likeness (QED) is 0.374. The lowest BCUT2D eigenvalue weighted by Crippen LogP contribution is -2.36. The molecule has 1 heterocycles. The van der Waals surface area contributed by atoms with Crippen molar-refractivity contribution in [2.45, 2.75) is 37.1 Å². The Kier molecular flexibility index (Phi) is 8.60. The number of benzene rings is 3. The summed E-state index contributed by atoms with van der Waals surface area (Å²) < 4.78 is 59.4. The highest BCUT2D eigenvalue weighted by Crippen LogP contribution is 2.44. The fourth-order valence-electron chi connectivity index (χ4n) is 5.17. The number of aryl methyl sites for hydroxylation is 1. The second-order valence-corrected chi connectivity index (χ2v) is 12.0. The zero-order valence-electron chi connectivity index (χ0n) is 22.8. The zero-order valence-corrected chi connectivity index (χ0v) is 23.6. The maximum atomic E-state index is 13.7. The largest absolute Gasteiger partial charge is 0.455 e. The molecule has 2 atom stereocenters. The first-order valence-electron chi connectivity index (χ1n) is 13.5. The van der Waals surface area contributed by atoms with E-state index < -0.39 is 46.9 Å². The lowest BCUT2D eigenvalue weighted by atomic mass is 9.77. The number of sulfonamides is 1. The number of hydrogen-bond acceptors (Lipinski definition) is 6. The van der Waals surface area contributed by atoms with E-state index in [9.17, 15) is 26.8 Å². The van der Waals surface area contributed by atoms with Crippen LogP contribution >= 0.6 is 0 Å². The molecule has 1 fully saturated rings. The molecule has 0 radical (unpaired) electrons. The van der Waals surface area contributed by atoms with E-state index in [0.29, 0.717) is 17.7 Å². The Balaban J connectivity index is 1.32. The number of carbonyl (C=O) groups is 2. The minimum Gasteiger partial charge on any atom is -0.455 e. The van der Waals surface area contributed by atoms with Gasteiger partial charge in [0, 0.05) is 5.92 Å². The maximum Gasteiger partial charge on any atom is 0.321 e. The van der Waals surface area contributed by atoms with Crippen molar-refractivity contribution in [3.05, 3.63) is 107 Å². The molecule has 2 aliphatic rings. The Hall–Kier alpha value is -4.22. The molecule has 1 N–H and O–H groups in total. The average Bonchev–Trinajstić information content (AvgIpc) is 3.37. The van der Waals surface area contributed by atoms with Crippen LogP contribution in [0.25, 0.3) is 6.08 Å². The Labute approximate surface area is 242 Å². The molecule has 1 aliphatic carbocycles. The number of carbonyl (C=O) groups excluding carboxylic acids is 2. The Bertz CT molecular complexity index is 1640. The van der Waals surface area contributed by atoms with Gasteiger partial charge in [0.05, 0.1) is 16.6 Å². The standard InChI is InChI=1S/C31H29F2N3O5S/c1-20-5-15-26(16-6-20)42(39,40)34-18-29(38)41-19-28(37)36-31(22-9-13-25(33)14-10-22)27-4-2-3-23(30(27)35-36)17-21-7-11-24(32)12-8-21/h5-17,27,31,34H,2-4,18-19H2,1H3/b23-17-/t27-,31+/m0/s1. The van der Waals surface area contributed by atoms with Crippen LogP contribution in [0, 0.1) is 24.5 Å². The monoisotopic (exact) mass is 593 g/mol. The molecule has 1 amide bonds. The number of amides is 1. The van der Waals surface area contributed by atoms with Gasteiger partial charge in [-0.25, -0.2) is 22.2 Å². The molecular weight excluding hydrogens is 564 g/mol. The van der Waals surface area contributed by atoms with E-state index in [1.807, 2.05) is 13.0 Å². The van der Waals surface area contributed by atoms with Crippen LogP contribution in [0.5, 0.6) is 0 Å². The van der Waals surface area contributed by atoms with E-state index in [1.165, 1.54) is 41.4 Å². The molecule has 0 unspecified atom stereocenters. The van der Waals surface area contributed by atoms with Crippen molar-refractivity contribution in [1.29, 1.82) is 0 Å². The molecule has 1 aliphatic heterocycles. The molecule has 42 heavy (non-hydrogen) atoms. The van der Waals surface area contributed by atoms with Crippen LogP contribution in [-0.4, -0.2) is 44.2 Å². The Morgan fingerprint density at radius 1 is 1.00 bits per heavy atom. The van der Waals surface area contributed by atoms with Gasteiger partial charge in [-0.2, -0.15) is 9.82 Å². The van der Waals surface area contributed by atoms with Gasteiger partial charge < -0.3 is 4.74 Å². The minimum absolute atomic E-state index is 0.000825. The van der Waals surface area contributed by atoms with E-state index >= 15 is 0 Å². The summed E-state index contributed by atoms with van der Waals surface area (Å²) in [5.41, 5.74) is 3.95. The molecule has 8 nitrogen and oxygen atoms in total. The van der Waals surface area contributed by atoms with Gasteiger partial charge in [-0.3, -0.25) is 9.59 Å². The molecule has 3 aromatic rings. The van der Waals surface area contributed by atoms with Crippen LogP contribution in [-0.2, 0) is 24.3 Å². The number of halogens is 2. The van der Waals surface area contributed by atoms with Gasteiger partial charge in [-0.15, -0.1) is 0 Å². The number of rotatable bonds is 8. The highest BCUT2D eigenvalue weighted by Gasteiger charge is 2.43. The molecule has 3 aromatic carbocycles. The molecule has 0 aromatic heterocycles. The third-order valence-electron chi connectivity index (χ3n) is 7.27. The first kappa shape index (κ1) is 29.3. The molecule has 218 valence electrons. The van der Waals surface area contributed by atoms with Crippen LogP contribution in [0.15, 0.2) is 88.4 Å². The van der Waals surface area contributed by atoms with Crippen molar-refractivity contribution in [2.75, 3.05) is 13.2 Å². The van der Waals surface area contributed by atoms with Crippen molar-refractivity contribution >= 4 is 33.7 Å². The highest BCUT2D eigenvalue weighted by atomic mass is 32.2. The first-order chi connectivity index (χ1) is 20.1. The van der Waals surface area contributed by atoms with Crippen molar-refractivity contribution in [3.63, 3.8) is 0 Å². The highest BCUT2D eigenvalue weighted by molar-refractivity contribution is 7.89. The summed E-state index contributed by atoms with van der Waals surface area (Å²) in [6.07, 6.45) is 4.18.